The topological polar surface area (TPSA) is 30.5 Å². The smallest absolute Gasteiger partial charge is 0.163 e. The minimum absolute atomic E-state index is 0.351. The van der Waals surface area contributed by atoms with E-state index < -0.39 is 0 Å². The maximum Gasteiger partial charge on any atom is 0.163 e. The number of methoxy groups -OCH3 is 1. The highest BCUT2D eigenvalue weighted by Gasteiger charge is 2.32. The molecule has 0 aliphatic heterocycles. The second-order valence-corrected chi connectivity index (χ2v) is 6.23. The Bertz CT molecular complexity index is 443. The number of ether oxygens (including phenoxy) is 2. The van der Waals surface area contributed by atoms with Crippen LogP contribution < -0.4 is 14.8 Å². The molecular weight excluding hydrogens is 250 g/mol. The van der Waals surface area contributed by atoms with Gasteiger partial charge in [0.25, 0.3) is 0 Å². The van der Waals surface area contributed by atoms with Gasteiger partial charge in [0.15, 0.2) is 11.5 Å². The number of hydrogen-bond donors (Lipinski definition) is 1. The molecule has 20 heavy (non-hydrogen) atoms. The van der Waals surface area contributed by atoms with Crippen LogP contribution in [0.25, 0.3) is 0 Å². The Morgan fingerprint density at radius 2 is 2.05 bits per heavy atom. The van der Waals surface area contributed by atoms with Crippen molar-refractivity contribution >= 4 is 5.69 Å². The molecule has 3 nitrogen and oxygen atoms in total. The van der Waals surface area contributed by atoms with Crippen molar-refractivity contribution in [2.75, 3.05) is 19.0 Å². The second-order valence-electron chi connectivity index (χ2n) is 6.23. The predicted octanol–water partition coefficient (Wildman–Crippen LogP) is 4.47. The maximum atomic E-state index is 5.64. The SMILES string of the molecule is CCOc1cc(NC2CCCCC2(C)C)ccc1OC. The van der Waals surface area contributed by atoms with Crippen LogP contribution in [0.4, 0.5) is 5.69 Å². The highest BCUT2D eigenvalue weighted by Crippen LogP contribution is 2.38. The van der Waals surface area contributed by atoms with Crippen LogP contribution in [0.1, 0.15) is 46.5 Å². The van der Waals surface area contributed by atoms with E-state index in [9.17, 15) is 0 Å². The second kappa shape index (κ2) is 6.38. The standard InChI is InChI=1S/C17H27NO2/c1-5-20-15-12-13(9-10-14(15)19-4)18-16-8-6-7-11-17(16,2)3/h9-10,12,16,18H,5-8,11H2,1-4H3. The molecule has 0 heterocycles. The molecule has 1 N–H and O–H groups in total. The van der Waals surface area contributed by atoms with Gasteiger partial charge in [-0.05, 0) is 37.3 Å². The molecule has 1 aromatic rings. The largest absolute Gasteiger partial charge is 0.493 e. The van der Waals surface area contributed by atoms with E-state index in [-0.39, 0.29) is 0 Å². The van der Waals surface area contributed by atoms with E-state index in [2.05, 4.69) is 25.2 Å². The van der Waals surface area contributed by atoms with Crippen LogP contribution in [0, 0.1) is 5.41 Å². The monoisotopic (exact) mass is 277 g/mol. The summed E-state index contributed by atoms with van der Waals surface area (Å²) in [7, 11) is 1.68. The van der Waals surface area contributed by atoms with Gasteiger partial charge in [0, 0.05) is 17.8 Å². The molecule has 3 heteroatoms. The van der Waals surface area contributed by atoms with Gasteiger partial charge < -0.3 is 14.8 Å². The summed E-state index contributed by atoms with van der Waals surface area (Å²) < 4.78 is 11.0. The number of rotatable bonds is 5. The van der Waals surface area contributed by atoms with Gasteiger partial charge in [0.2, 0.25) is 0 Å². The number of nitrogens with one attached hydrogen (secondary N) is 1. The summed E-state index contributed by atoms with van der Waals surface area (Å²) in [6.45, 7) is 7.35. The van der Waals surface area contributed by atoms with Gasteiger partial charge >= 0.3 is 0 Å². The quantitative estimate of drug-likeness (QED) is 0.861. The molecule has 0 aromatic heterocycles. The fraction of sp³-hybridized carbons (Fsp3) is 0.647. The first-order chi connectivity index (χ1) is 9.56. The van der Waals surface area contributed by atoms with Crippen molar-refractivity contribution in [2.24, 2.45) is 5.41 Å². The van der Waals surface area contributed by atoms with E-state index in [1.807, 2.05) is 19.1 Å². The predicted molar refractivity (Wildman–Crippen MR) is 83.8 cm³/mol. The Labute approximate surface area is 122 Å². The van der Waals surface area contributed by atoms with Crippen molar-refractivity contribution in [3.05, 3.63) is 18.2 Å². The number of hydrogen-bond acceptors (Lipinski definition) is 3. The molecule has 0 radical (unpaired) electrons. The molecule has 0 amide bonds. The Morgan fingerprint density at radius 1 is 1.25 bits per heavy atom. The Morgan fingerprint density at radius 3 is 2.70 bits per heavy atom. The fourth-order valence-corrected chi connectivity index (χ4v) is 3.00. The molecule has 0 bridgehead atoms. The van der Waals surface area contributed by atoms with Crippen molar-refractivity contribution in [1.82, 2.24) is 0 Å². The summed E-state index contributed by atoms with van der Waals surface area (Å²) in [5.41, 5.74) is 1.47. The van der Waals surface area contributed by atoms with E-state index in [0.717, 1.165) is 17.2 Å². The van der Waals surface area contributed by atoms with Crippen LogP contribution in [0.3, 0.4) is 0 Å². The van der Waals surface area contributed by atoms with Crippen LogP contribution in [0.15, 0.2) is 18.2 Å². The summed E-state index contributed by atoms with van der Waals surface area (Å²) in [5.74, 6) is 1.61. The number of anilines is 1. The molecule has 1 saturated carbocycles. The lowest BCUT2D eigenvalue weighted by atomic mass is 9.73. The van der Waals surface area contributed by atoms with Gasteiger partial charge in [-0.2, -0.15) is 0 Å². The summed E-state index contributed by atoms with van der Waals surface area (Å²) >= 11 is 0. The van der Waals surface area contributed by atoms with Crippen LogP contribution in [-0.2, 0) is 0 Å². The highest BCUT2D eigenvalue weighted by molar-refractivity contribution is 5.55. The van der Waals surface area contributed by atoms with Crippen molar-refractivity contribution in [1.29, 1.82) is 0 Å². The molecule has 2 rings (SSSR count). The minimum Gasteiger partial charge on any atom is -0.493 e. The molecule has 0 saturated heterocycles. The molecule has 1 atom stereocenters. The van der Waals surface area contributed by atoms with E-state index in [0.29, 0.717) is 18.1 Å². The van der Waals surface area contributed by atoms with E-state index in [1.165, 1.54) is 25.7 Å². The average Bonchev–Trinajstić information content (AvgIpc) is 2.42. The Hall–Kier alpha value is -1.38. The summed E-state index contributed by atoms with van der Waals surface area (Å²) in [5, 5.41) is 3.69. The Balaban J connectivity index is 2.14. The van der Waals surface area contributed by atoms with Gasteiger partial charge in [0.1, 0.15) is 0 Å². The van der Waals surface area contributed by atoms with E-state index in [4.69, 9.17) is 9.47 Å². The molecule has 1 aliphatic carbocycles. The maximum absolute atomic E-state index is 5.64. The Kier molecular flexibility index (Phi) is 4.79. The zero-order chi connectivity index (χ0) is 14.6. The van der Waals surface area contributed by atoms with Gasteiger partial charge in [0.05, 0.1) is 13.7 Å². The van der Waals surface area contributed by atoms with Crippen LogP contribution >= 0.6 is 0 Å². The van der Waals surface area contributed by atoms with E-state index >= 15 is 0 Å². The first kappa shape index (κ1) is 15.0. The zero-order valence-electron chi connectivity index (χ0n) is 13.2. The van der Waals surface area contributed by atoms with Crippen molar-refractivity contribution < 1.29 is 9.47 Å². The highest BCUT2D eigenvalue weighted by atomic mass is 16.5. The third-order valence-corrected chi connectivity index (χ3v) is 4.31. The summed E-state index contributed by atoms with van der Waals surface area (Å²) in [6, 6.07) is 6.63. The first-order valence-electron chi connectivity index (χ1n) is 7.64. The van der Waals surface area contributed by atoms with Gasteiger partial charge in [-0.25, -0.2) is 0 Å². The average molecular weight is 277 g/mol. The van der Waals surface area contributed by atoms with Crippen LogP contribution in [0.2, 0.25) is 0 Å². The third kappa shape index (κ3) is 3.38. The summed E-state index contributed by atoms with van der Waals surface area (Å²) in [4.78, 5) is 0. The van der Waals surface area contributed by atoms with Gasteiger partial charge in [-0.3, -0.25) is 0 Å². The van der Waals surface area contributed by atoms with Gasteiger partial charge in [-0.15, -0.1) is 0 Å². The first-order valence-corrected chi connectivity index (χ1v) is 7.64. The lowest BCUT2D eigenvalue weighted by Gasteiger charge is -2.39. The lowest BCUT2D eigenvalue weighted by molar-refractivity contribution is 0.217. The molecule has 1 aromatic carbocycles. The zero-order valence-corrected chi connectivity index (χ0v) is 13.2. The molecule has 1 unspecified atom stereocenters. The molecule has 1 fully saturated rings. The van der Waals surface area contributed by atoms with Crippen LogP contribution in [-0.4, -0.2) is 19.8 Å². The lowest BCUT2D eigenvalue weighted by Crippen LogP contribution is -2.38. The molecule has 112 valence electrons. The normalized spacial score (nSPS) is 21.3. The van der Waals surface area contributed by atoms with Crippen LogP contribution in [0.5, 0.6) is 11.5 Å². The molecule has 0 spiro atoms. The molecular formula is C17H27NO2. The van der Waals surface area contributed by atoms with Crippen molar-refractivity contribution in [3.8, 4) is 11.5 Å². The fourth-order valence-electron chi connectivity index (χ4n) is 3.00. The minimum atomic E-state index is 0.351. The van der Waals surface area contributed by atoms with E-state index in [1.54, 1.807) is 7.11 Å². The third-order valence-electron chi connectivity index (χ3n) is 4.31. The van der Waals surface area contributed by atoms with Crippen molar-refractivity contribution in [2.45, 2.75) is 52.5 Å². The molecule has 1 aliphatic rings. The summed E-state index contributed by atoms with van der Waals surface area (Å²) in [6.07, 6.45) is 5.19. The van der Waals surface area contributed by atoms with Crippen molar-refractivity contribution in [3.63, 3.8) is 0 Å². The number of benzene rings is 1. The van der Waals surface area contributed by atoms with Gasteiger partial charge in [-0.1, -0.05) is 26.7 Å².